The van der Waals surface area contributed by atoms with Gasteiger partial charge in [-0.05, 0) is 80.6 Å². The lowest BCUT2D eigenvalue weighted by molar-refractivity contribution is -0.109. The van der Waals surface area contributed by atoms with Gasteiger partial charge in [0.2, 0.25) is 6.41 Å². The number of nitrogens with zero attached hydrogens (tertiary/aromatic N) is 2. The lowest BCUT2D eigenvalue weighted by atomic mass is 9.89. The normalized spacial score (nSPS) is 21.4. The van der Waals surface area contributed by atoms with Crippen molar-refractivity contribution in [1.82, 2.24) is 15.2 Å². The first-order chi connectivity index (χ1) is 13.7. The average molecular weight is 385 g/mol. The number of halogens is 1. The van der Waals surface area contributed by atoms with Gasteiger partial charge in [0.25, 0.3) is 0 Å². The number of aliphatic hydroxyl groups excluding tert-OH is 1. The molecule has 5 rings (SSSR count). The van der Waals surface area contributed by atoms with Crippen LogP contribution in [0.15, 0.2) is 42.6 Å². The molecule has 4 heterocycles. The number of nitrogens with one attached hydrogen (secondary N) is 1. The van der Waals surface area contributed by atoms with E-state index >= 15 is 0 Å². The minimum Gasteiger partial charge on any atom is -0.382 e. The Hall–Kier alpha value is -2.31. The fraction of sp³-hybridized carbons (Fsp3) is 0.455. The van der Waals surface area contributed by atoms with Crippen LogP contribution in [0.2, 0.25) is 0 Å². The van der Waals surface area contributed by atoms with E-state index in [-0.39, 0.29) is 5.82 Å². The van der Waals surface area contributed by atoms with E-state index in [1.54, 1.807) is 12.3 Å². The number of aromatic nitrogens is 1. The number of hydrogen-bond acceptors (Lipinski definition) is 4. The smallest absolute Gasteiger partial charge is 0.207 e. The van der Waals surface area contributed by atoms with Gasteiger partial charge in [0.1, 0.15) is 11.9 Å². The number of amides is 1. The van der Waals surface area contributed by atoms with Crippen molar-refractivity contribution >= 4 is 6.41 Å². The van der Waals surface area contributed by atoms with Gasteiger partial charge in [0.15, 0.2) is 0 Å². The molecule has 3 aliphatic heterocycles. The molecule has 1 amide bonds. The summed E-state index contributed by atoms with van der Waals surface area (Å²) in [5.74, 6) is 0.761. The van der Waals surface area contributed by atoms with Crippen molar-refractivity contribution in [2.75, 3.05) is 26.2 Å². The molecule has 3 aliphatic rings. The number of piperidine rings is 3. The quantitative estimate of drug-likeness (QED) is 0.593. The Balaban J connectivity index is 0.000000231. The van der Waals surface area contributed by atoms with Gasteiger partial charge in [-0.2, -0.15) is 0 Å². The lowest BCUT2D eigenvalue weighted by Gasteiger charge is -2.38. The number of hydrogen-bond donors (Lipinski definition) is 2. The Bertz CT molecular complexity index is 723. The first-order valence-electron chi connectivity index (χ1n) is 9.94. The van der Waals surface area contributed by atoms with Crippen molar-refractivity contribution < 1.29 is 14.3 Å². The van der Waals surface area contributed by atoms with Crippen LogP contribution in [-0.4, -0.2) is 47.6 Å². The Morgan fingerprint density at radius 1 is 1.18 bits per heavy atom. The van der Waals surface area contributed by atoms with Crippen LogP contribution in [0.1, 0.15) is 42.2 Å². The third-order valence-corrected chi connectivity index (χ3v) is 5.55. The molecule has 1 unspecified atom stereocenters. The molecule has 2 N–H and O–H groups in total. The van der Waals surface area contributed by atoms with E-state index in [1.165, 1.54) is 63.2 Å². The maximum atomic E-state index is 12.9. The number of fused-ring (bicyclic) bond motifs is 3. The number of pyridine rings is 1. The first kappa shape index (κ1) is 20.4. The number of aliphatic hydroxyl groups is 1. The topological polar surface area (TPSA) is 65.5 Å². The third-order valence-electron chi connectivity index (χ3n) is 5.55. The maximum Gasteiger partial charge on any atom is 0.207 e. The van der Waals surface area contributed by atoms with Crippen LogP contribution in [0.3, 0.4) is 0 Å². The molecule has 2 aromatic rings. The van der Waals surface area contributed by atoms with Gasteiger partial charge in [-0.25, -0.2) is 4.39 Å². The van der Waals surface area contributed by atoms with Crippen molar-refractivity contribution in [2.24, 2.45) is 5.92 Å². The summed E-state index contributed by atoms with van der Waals surface area (Å²) in [4.78, 5) is 17.0. The third kappa shape index (κ3) is 5.59. The highest BCUT2D eigenvalue weighted by molar-refractivity contribution is 5.46. The second-order valence-corrected chi connectivity index (χ2v) is 7.40. The molecule has 1 atom stereocenters. The fourth-order valence-corrected chi connectivity index (χ4v) is 3.84. The summed E-state index contributed by atoms with van der Waals surface area (Å²) < 4.78 is 12.9. The van der Waals surface area contributed by atoms with Gasteiger partial charge >= 0.3 is 0 Å². The molecular formula is C22H28FN3O2. The minimum atomic E-state index is -0.914. The lowest BCUT2D eigenvalue weighted by Crippen LogP contribution is -2.41. The van der Waals surface area contributed by atoms with Gasteiger partial charge in [-0.15, -0.1) is 0 Å². The largest absolute Gasteiger partial charge is 0.382 e. The Morgan fingerprint density at radius 2 is 1.86 bits per heavy atom. The van der Waals surface area contributed by atoms with Crippen LogP contribution in [0.25, 0.3) is 0 Å². The van der Waals surface area contributed by atoms with E-state index in [9.17, 15) is 14.3 Å². The molecular weight excluding hydrogens is 357 g/mol. The summed E-state index contributed by atoms with van der Waals surface area (Å²) in [5.41, 5.74) is 1.94. The molecule has 1 aromatic heterocycles. The second-order valence-electron chi connectivity index (χ2n) is 7.40. The van der Waals surface area contributed by atoms with Gasteiger partial charge in [0.05, 0.1) is 5.69 Å². The molecule has 150 valence electrons. The Kier molecular flexibility index (Phi) is 7.51. The van der Waals surface area contributed by atoms with Crippen LogP contribution in [0.4, 0.5) is 4.39 Å². The number of rotatable bonds is 6. The zero-order chi connectivity index (χ0) is 19.8. The molecule has 6 heteroatoms. The molecule has 1 aromatic carbocycles. The molecule has 0 aliphatic carbocycles. The monoisotopic (exact) mass is 385 g/mol. The second kappa shape index (κ2) is 10.3. The molecule has 3 saturated heterocycles. The van der Waals surface area contributed by atoms with Crippen LogP contribution in [-0.2, 0) is 11.2 Å². The summed E-state index contributed by atoms with van der Waals surface area (Å²) in [6.07, 6.45) is 6.34. The summed E-state index contributed by atoms with van der Waals surface area (Å²) in [7, 11) is 0. The van der Waals surface area contributed by atoms with E-state index in [0.717, 1.165) is 11.5 Å². The van der Waals surface area contributed by atoms with E-state index in [1.807, 2.05) is 6.07 Å². The highest BCUT2D eigenvalue weighted by Gasteiger charge is 2.24. The number of carbonyl (C=O) groups is 1. The zero-order valence-electron chi connectivity index (χ0n) is 16.1. The van der Waals surface area contributed by atoms with Crippen LogP contribution < -0.4 is 5.32 Å². The maximum absolute atomic E-state index is 12.9. The molecule has 28 heavy (non-hydrogen) atoms. The van der Waals surface area contributed by atoms with E-state index in [4.69, 9.17) is 0 Å². The molecule has 0 spiro atoms. The number of benzene rings is 1. The summed E-state index contributed by atoms with van der Waals surface area (Å²) in [5, 5.41) is 12.9. The first-order valence-corrected chi connectivity index (χ1v) is 9.94. The van der Waals surface area contributed by atoms with Crippen LogP contribution in [0.5, 0.6) is 0 Å². The van der Waals surface area contributed by atoms with Crippen molar-refractivity contribution in [3.63, 3.8) is 0 Å². The summed E-state index contributed by atoms with van der Waals surface area (Å²) in [6, 6.07) is 9.28. The molecule has 0 radical (unpaired) electrons. The SMILES string of the molecule is C1CN2CCC1CC2.O=CNCCc1cccnc1C(O)c1ccc(F)cc1. The Labute approximate surface area is 165 Å². The van der Waals surface area contributed by atoms with E-state index < -0.39 is 6.10 Å². The molecule has 5 nitrogen and oxygen atoms in total. The van der Waals surface area contributed by atoms with Gasteiger partial charge in [0, 0.05) is 12.7 Å². The molecule has 2 bridgehead atoms. The Morgan fingerprint density at radius 3 is 2.39 bits per heavy atom. The standard InChI is InChI=1S/C15H15FN2O2.C7H13N/c16-13-5-3-12(4-6-13)15(20)14-11(2-1-8-18-14)7-9-17-10-19;1-4-8-5-2-7(1)3-6-8/h1-6,8,10,15,20H,7,9H2,(H,17,19);7H,1-6H2. The highest BCUT2D eigenvalue weighted by atomic mass is 19.1. The fourth-order valence-electron chi connectivity index (χ4n) is 3.84. The van der Waals surface area contributed by atoms with E-state index in [0.29, 0.717) is 30.6 Å². The zero-order valence-corrected chi connectivity index (χ0v) is 16.1. The van der Waals surface area contributed by atoms with Crippen molar-refractivity contribution in [2.45, 2.75) is 31.8 Å². The van der Waals surface area contributed by atoms with Gasteiger partial charge in [-0.3, -0.25) is 9.78 Å². The summed E-state index contributed by atoms with van der Waals surface area (Å²) >= 11 is 0. The minimum absolute atomic E-state index is 0.350. The van der Waals surface area contributed by atoms with Crippen molar-refractivity contribution in [3.8, 4) is 0 Å². The van der Waals surface area contributed by atoms with E-state index in [2.05, 4.69) is 15.2 Å². The highest BCUT2D eigenvalue weighted by Crippen LogP contribution is 2.26. The number of carbonyl (C=O) groups excluding carboxylic acids is 1. The summed E-state index contributed by atoms with van der Waals surface area (Å²) in [6.45, 7) is 4.65. The predicted octanol–water partition coefficient (Wildman–Crippen LogP) is 2.69. The van der Waals surface area contributed by atoms with Crippen LogP contribution in [0, 0.1) is 11.7 Å². The average Bonchev–Trinajstić information content (AvgIpc) is 2.76. The van der Waals surface area contributed by atoms with Gasteiger partial charge < -0.3 is 15.3 Å². The van der Waals surface area contributed by atoms with Crippen molar-refractivity contribution in [3.05, 3.63) is 65.2 Å². The van der Waals surface area contributed by atoms with Crippen molar-refractivity contribution in [1.29, 1.82) is 0 Å². The van der Waals surface area contributed by atoms with Gasteiger partial charge in [-0.1, -0.05) is 18.2 Å². The molecule has 0 saturated carbocycles. The van der Waals surface area contributed by atoms with Crippen LogP contribution >= 0.6 is 0 Å². The molecule has 3 fully saturated rings. The predicted molar refractivity (Wildman–Crippen MR) is 106 cm³/mol.